The average molecular weight is 288 g/mol. The number of phenolic OH excluding ortho intramolecular Hbond substituents is 1. The van der Waals surface area contributed by atoms with Crippen LogP contribution in [0.25, 0.3) is 0 Å². The summed E-state index contributed by atoms with van der Waals surface area (Å²) >= 11 is 0. The number of carbonyl (C=O) groups is 2. The smallest absolute Gasteiger partial charge is 0.246 e. The molecular formula is C16H20N2O3. The van der Waals surface area contributed by atoms with Crippen LogP contribution in [0.15, 0.2) is 24.3 Å². The summed E-state index contributed by atoms with van der Waals surface area (Å²) in [6.45, 7) is 3.91. The molecule has 2 unspecified atom stereocenters. The van der Waals surface area contributed by atoms with E-state index < -0.39 is 11.6 Å². The summed E-state index contributed by atoms with van der Waals surface area (Å²) < 4.78 is 0. The molecule has 2 amide bonds. The van der Waals surface area contributed by atoms with Crippen molar-refractivity contribution >= 4 is 11.8 Å². The van der Waals surface area contributed by atoms with Crippen LogP contribution >= 0.6 is 0 Å². The fourth-order valence-corrected chi connectivity index (χ4v) is 3.12. The molecule has 3 rings (SSSR count). The first kappa shape index (κ1) is 13.9. The maximum absolute atomic E-state index is 12.6. The lowest BCUT2D eigenvalue weighted by Gasteiger charge is -2.46. The number of aromatic hydroxyl groups is 1. The number of hydrogen-bond donors (Lipinski definition) is 2. The molecule has 2 N–H and O–H groups in total. The van der Waals surface area contributed by atoms with Gasteiger partial charge in [-0.25, -0.2) is 0 Å². The topological polar surface area (TPSA) is 69.6 Å². The van der Waals surface area contributed by atoms with Crippen molar-refractivity contribution in [2.45, 2.75) is 44.8 Å². The molecule has 0 spiro atoms. The van der Waals surface area contributed by atoms with Crippen molar-refractivity contribution in [2.24, 2.45) is 5.92 Å². The zero-order chi connectivity index (χ0) is 15.2. The number of benzene rings is 1. The summed E-state index contributed by atoms with van der Waals surface area (Å²) in [5, 5.41) is 12.4. The van der Waals surface area contributed by atoms with Crippen LogP contribution in [0.5, 0.6) is 5.75 Å². The van der Waals surface area contributed by atoms with Crippen LogP contribution in [0.3, 0.4) is 0 Å². The van der Waals surface area contributed by atoms with Gasteiger partial charge in [0.05, 0.1) is 0 Å². The first-order valence-corrected chi connectivity index (χ1v) is 7.33. The molecule has 1 saturated heterocycles. The fraction of sp³-hybridized carbons (Fsp3) is 0.500. The highest BCUT2D eigenvalue weighted by Gasteiger charge is 2.56. The molecule has 0 bridgehead atoms. The van der Waals surface area contributed by atoms with Crippen molar-refractivity contribution in [3.8, 4) is 5.75 Å². The van der Waals surface area contributed by atoms with E-state index in [4.69, 9.17) is 0 Å². The van der Waals surface area contributed by atoms with Crippen molar-refractivity contribution in [1.29, 1.82) is 0 Å². The van der Waals surface area contributed by atoms with E-state index in [1.54, 1.807) is 30.0 Å². The fourth-order valence-electron chi connectivity index (χ4n) is 3.12. The molecule has 21 heavy (non-hydrogen) atoms. The van der Waals surface area contributed by atoms with Gasteiger partial charge < -0.3 is 15.3 Å². The SMILES string of the molecule is CC1NC(=O)C(C)(C2CC2)N(Cc2cccc(O)c2)C1=O. The van der Waals surface area contributed by atoms with E-state index in [1.807, 2.05) is 13.0 Å². The lowest BCUT2D eigenvalue weighted by molar-refractivity contribution is -0.158. The zero-order valence-corrected chi connectivity index (χ0v) is 12.3. The largest absolute Gasteiger partial charge is 0.508 e. The van der Waals surface area contributed by atoms with Crippen LogP contribution < -0.4 is 5.32 Å². The molecule has 0 aromatic heterocycles. The monoisotopic (exact) mass is 288 g/mol. The Morgan fingerprint density at radius 2 is 2.10 bits per heavy atom. The molecular weight excluding hydrogens is 268 g/mol. The standard InChI is InChI=1S/C16H20N2O3/c1-10-14(20)18(9-11-4-3-5-13(19)8-11)16(2,12-6-7-12)15(21)17-10/h3-5,8,10,12,19H,6-7,9H2,1-2H3,(H,17,21). The van der Waals surface area contributed by atoms with Gasteiger partial charge >= 0.3 is 0 Å². The quantitative estimate of drug-likeness (QED) is 0.883. The van der Waals surface area contributed by atoms with Crippen LogP contribution in [0.1, 0.15) is 32.3 Å². The second-order valence-corrected chi connectivity index (χ2v) is 6.21. The molecule has 5 heteroatoms. The lowest BCUT2D eigenvalue weighted by Crippen LogP contribution is -2.69. The summed E-state index contributed by atoms with van der Waals surface area (Å²) in [6.07, 6.45) is 1.95. The molecule has 2 aliphatic rings. The van der Waals surface area contributed by atoms with Crippen molar-refractivity contribution in [3.05, 3.63) is 29.8 Å². The maximum Gasteiger partial charge on any atom is 0.246 e. The Morgan fingerprint density at radius 1 is 1.38 bits per heavy atom. The van der Waals surface area contributed by atoms with Gasteiger partial charge in [0.2, 0.25) is 11.8 Å². The average Bonchev–Trinajstić information content (AvgIpc) is 3.26. The van der Waals surface area contributed by atoms with E-state index in [2.05, 4.69) is 5.32 Å². The van der Waals surface area contributed by atoms with Crippen LogP contribution in [0.4, 0.5) is 0 Å². The van der Waals surface area contributed by atoms with E-state index in [0.29, 0.717) is 6.54 Å². The number of nitrogens with one attached hydrogen (secondary N) is 1. The van der Waals surface area contributed by atoms with Crippen LogP contribution in [-0.4, -0.2) is 33.4 Å². The summed E-state index contributed by atoms with van der Waals surface area (Å²) in [6, 6.07) is 6.34. The number of rotatable bonds is 3. The van der Waals surface area contributed by atoms with E-state index in [0.717, 1.165) is 18.4 Å². The van der Waals surface area contributed by atoms with Crippen molar-refractivity contribution in [1.82, 2.24) is 10.2 Å². The van der Waals surface area contributed by atoms with Gasteiger partial charge in [-0.3, -0.25) is 9.59 Å². The number of phenols is 1. The van der Waals surface area contributed by atoms with Gasteiger partial charge in [-0.1, -0.05) is 12.1 Å². The number of carbonyl (C=O) groups excluding carboxylic acids is 2. The first-order chi connectivity index (χ1) is 9.92. The van der Waals surface area contributed by atoms with Gasteiger partial charge in [-0.15, -0.1) is 0 Å². The van der Waals surface area contributed by atoms with E-state index in [-0.39, 0.29) is 23.5 Å². The molecule has 1 aliphatic heterocycles. The Labute approximate surface area is 123 Å². The Kier molecular flexibility index (Phi) is 3.15. The number of piperazine rings is 1. The Hall–Kier alpha value is -2.04. The normalized spacial score (nSPS) is 29.4. The molecule has 1 aromatic rings. The third-order valence-electron chi connectivity index (χ3n) is 4.63. The molecule has 112 valence electrons. The van der Waals surface area contributed by atoms with E-state index in [9.17, 15) is 14.7 Å². The molecule has 2 fully saturated rings. The third kappa shape index (κ3) is 2.26. The van der Waals surface area contributed by atoms with Gasteiger partial charge in [0, 0.05) is 6.54 Å². The summed E-state index contributed by atoms with van der Waals surface area (Å²) in [7, 11) is 0. The Bertz CT molecular complexity index is 597. The minimum Gasteiger partial charge on any atom is -0.508 e. The van der Waals surface area contributed by atoms with Crippen molar-refractivity contribution in [2.75, 3.05) is 0 Å². The molecule has 2 atom stereocenters. The highest BCUT2D eigenvalue weighted by Crippen LogP contribution is 2.45. The van der Waals surface area contributed by atoms with E-state index >= 15 is 0 Å². The number of nitrogens with zero attached hydrogens (tertiary/aromatic N) is 1. The number of amides is 2. The van der Waals surface area contributed by atoms with Gasteiger partial charge in [0.25, 0.3) is 0 Å². The van der Waals surface area contributed by atoms with Gasteiger partial charge in [0.15, 0.2) is 0 Å². The van der Waals surface area contributed by atoms with Crippen LogP contribution in [0.2, 0.25) is 0 Å². The first-order valence-electron chi connectivity index (χ1n) is 7.33. The highest BCUT2D eigenvalue weighted by atomic mass is 16.3. The zero-order valence-electron chi connectivity index (χ0n) is 12.3. The molecule has 0 radical (unpaired) electrons. The third-order valence-corrected chi connectivity index (χ3v) is 4.63. The second kappa shape index (κ2) is 4.76. The minimum atomic E-state index is -0.783. The second-order valence-electron chi connectivity index (χ2n) is 6.21. The predicted molar refractivity (Wildman–Crippen MR) is 77.4 cm³/mol. The molecule has 1 aromatic carbocycles. The highest BCUT2D eigenvalue weighted by molar-refractivity contribution is 5.99. The minimum absolute atomic E-state index is 0.0626. The van der Waals surface area contributed by atoms with Crippen molar-refractivity contribution < 1.29 is 14.7 Å². The van der Waals surface area contributed by atoms with E-state index in [1.165, 1.54) is 0 Å². The predicted octanol–water partition coefficient (Wildman–Crippen LogP) is 1.41. The van der Waals surface area contributed by atoms with Gasteiger partial charge in [-0.05, 0) is 50.3 Å². The molecule has 1 saturated carbocycles. The summed E-state index contributed by atoms with van der Waals surface area (Å²) in [5.41, 5.74) is 0.0480. The summed E-state index contributed by atoms with van der Waals surface area (Å²) in [5.74, 6) is 0.262. The Morgan fingerprint density at radius 3 is 2.71 bits per heavy atom. The molecule has 1 aliphatic carbocycles. The lowest BCUT2D eigenvalue weighted by atomic mass is 9.88. The van der Waals surface area contributed by atoms with Crippen LogP contribution in [-0.2, 0) is 16.1 Å². The van der Waals surface area contributed by atoms with Gasteiger partial charge in [0.1, 0.15) is 17.3 Å². The maximum atomic E-state index is 12.6. The summed E-state index contributed by atoms with van der Waals surface area (Å²) in [4.78, 5) is 26.7. The number of hydrogen-bond acceptors (Lipinski definition) is 3. The molecule has 5 nitrogen and oxygen atoms in total. The Balaban J connectivity index is 1.94. The van der Waals surface area contributed by atoms with Crippen molar-refractivity contribution in [3.63, 3.8) is 0 Å². The van der Waals surface area contributed by atoms with Crippen LogP contribution in [0, 0.1) is 5.92 Å². The van der Waals surface area contributed by atoms with Gasteiger partial charge in [-0.2, -0.15) is 0 Å². The molecule has 1 heterocycles.